The van der Waals surface area contributed by atoms with Gasteiger partial charge >= 0.3 is 5.97 Å². The highest BCUT2D eigenvalue weighted by atomic mass is 16.5. The summed E-state index contributed by atoms with van der Waals surface area (Å²) >= 11 is 0. The minimum atomic E-state index is -0.789. The van der Waals surface area contributed by atoms with E-state index in [0.717, 1.165) is 16.9 Å². The van der Waals surface area contributed by atoms with Crippen LogP contribution >= 0.6 is 0 Å². The molecule has 1 aliphatic heterocycles. The van der Waals surface area contributed by atoms with Gasteiger partial charge in [-0.2, -0.15) is 0 Å². The van der Waals surface area contributed by atoms with Gasteiger partial charge in [0.05, 0.1) is 12.7 Å². The summed E-state index contributed by atoms with van der Waals surface area (Å²) in [6.07, 6.45) is -0.377. The molecular formula is C18H18O4. The van der Waals surface area contributed by atoms with Crippen molar-refractivity contribution in [3.8, 4) is 11.1 Å². The van der Waals surface area contributed by atoms with Crippen molar-refractivity contribution >= 4 is 11.5 Å². The molecule has 1 aromatic heterocycles. The molecule has 0 aliphatic carbocycles. The number of hydrogen-bond donors (Lipinski definition) is 1. The largest absolute Gasteiger partial charge is 0.465 e. The molecular weight excluding hydrogens is 280 g/mol. The number of ether oxygens (including phenoxy) is 1. The van der Waals surface area contributed by atoms with E-state index in [1.54, 1.807) is 0 Å². The number of esters is 1. The summed E-state index contributed by atoms with van der Waals surface area (Å²) in [6.45, 7) is 6.08. The number of carbonyl (C=O) groups excluding carboxylic acids is 1. The summed E-state index contributed by atoms with van der Waals surface area (Å²) in [7, 11) is 0. The van der Waals surface area contributed by atoms with E-state index >= 15 is 0 Å². The van der Waals surface area contributed by atoms with Gasteiger partial charge < -0.3 is 14.3 Å². The smallest absolute Gasteiger partial charge is 0.316 e. The predicted octanol–water partition coefficient (Wildman–Crippen LogP) is 3.19. The second-order valence-electron chi connectivity index (χ2n) is 5.49. The lowest BCUT2D eigenvalue weighted by molar-refractivity contribution is -0.156. The first kappa shape index (κ1) is 14.6. The molecule has 1 aromatic carbocycles. The first-order valence-electron chi connectivity index (χ1n) is 7.27. The van der Waals surface area contributed by atoms with Gasteiger partial charge in [-0.15, -0.1) is 0 Å². The normalized spacial score (nSPS) is 21.5. The van der Waals surface area contributed by atoms with E-state index in [9.17, 15) is 9.90 Å². The molecule has 114 valence electrons. The van der Waals surface area contributed by atoms with Crippen molar-refractivity contribution in [1.29, 1.82) is 0 Å². The van der Waals surface area contributed by atoms with E-state index < -0.39 is 18.0 Å². The summed E-state index contributed by atoms with van der Waals surface area (Å²) in [5.74, 6) is 0.0406. The fourth-order valence-corrected chi connectivity index (χ4v) is 2.79. The van der Waals surface area contributed by atoms with Gasteiger partial charge in [0.1, 0.15) is 17.4 Å². The van der Waals surface area contributed by atoms with Crippen LogP contribution in [0.25, 0.3) is 16.7 Å². The Labute approximate surface area is 129 Å². The average Bonchev–Trinajstić information content (AvgIpc) is 2.90. The predicted molar refractivity (Wildman–Crippen MR) is 83.0 cm³/mol. The molecule has 0 bridgehead atoms. The van der Waals surface area contributed by atoms with Gasteiger partial charge in [-0.3, -0.25) is 4.79 Å². The Hall–Kier alpha value is -2.33. The van der Waals surface area contributed by atoms with E-state index in [-0.39, 0.29) is 6.61 Å². The van der Waals surface area contributed by atoms with Crippen LogP contribution in [0.5, 0.6) is 0 Å². The van der Waals surface area contributed by atoms with Gasteiger partial charge in [-0.05, 0) is 18.6 Å². The number of carbonyl (C=O) groups is 1. The van der Waals surface area contributed by atoms with E-state index in [1.807, 2.05) is 43.3 Å². The second-order valence-corrected chi connectivity index (χ2v) is 5.49. The maximum absolute atomic E-state index is 12.0. The molecule has 0 amide bonds. The summed E-state index contributed by atoms with van der Waals surface area (Å²) in [5, 5.41) is 10.1. The quantitative estimate of drug-likeness (QED) is 0.884. The van der Waals surface area contributed by atoms with E-state index in [4.69, 9.17) is 9.15 Å². The minimum Gasteiger partial charge on any atom is -0.465 e. The Morgan fingerprint density at radius 1 is 1.32 bits per heavy atom. The minimum absolute atomic E-state index is 0.243. The average molecular weight is 298 g/mol. The number of aliphatic hydroxyl groups is 1. The molecule has 0 radical (unpaired) electrons. The Kier molecular flexibility index (Phi) is 3.86. The van der Waals surface area contributed by atoms with Crippen LogP contribution in [0.4, 0.5) is 0 Å². The number of aliphatic hydroxyl groups excluding tert-OH is 1. The van der Waals surface area contributed by atoms with E-state index in [1.165, 1.54) is 0 Å². The fraction of sp³-hybridized carbons (Fsp3) is 0.278. The maximum Gasteiger partial charge on any atom is 0.316 e. The number of aryl methyl sites for hydroxylation is 1. The van der Waals surface area contributed by atoms with Gasteiger partial charge in [-0.25, -0.2) is 0 Å². The lowest BCUT2D eigenvalue weighted by atomic mass is 9.87. The zero-order valence-electron chi connectivity index (χ0n) is 12.4. The van der Waals surface area contributed by atoms with E-state index in [2.05, 4.69) is 6.58 Å². The third kappa shape index (κ3) is 2.57. The highest BCUT2D eigenvalue weighted by molar-refractivity contribution is 5.91. The fourth-order valence-electron chi connectivity index (χ4n) is 2.79. The summed E-state index contributed by atoms with van der Waals surface area (Å²) in [6, 6.07) is 11.7. The molecule has 1 aliphatic rings. The lowest BCUT2D eigenvalue weighted by Crippen LogP contribution is -2.36. The van der Waals surface area contributed by atoms with Gasteiger partial charge in [0.15, 0.2) is 0 Å². The van der Waals surface area contributed by atoms with Crippen molar-refractivity contribution in [3.05, 3.63) is 54.5 Å². The molecule has 4 nitrogen and oxygen atoms in total. The Bertz CT molecular complexity index is 699. The van der Waals surface area contributed by atoms with Crippen LogP contribution in [0.3, 0.4) is 0 Å². The topological polar surface area (TPSA) is 59.7 Å². The molecule has 2 atom stereocenters. The maximum atomic E-state index is 12.0. The Balaban J connectivity index is 2.01. The molecule has 1 saturated heterocycles. The lowest BCUT2D eigenvalue weighted by Gasteiger charge is -2.27. The molecule has 3 rings (SSSR count). The zero-order valence-corrected chi connectivity index (χ0v) is 12.4. The monoisotopic (exact) mass is 298 g/mol. The third-order valence-corrected chi connectivity index (χ3v) is 3.90. The van der Waals surface area contributed by atoms with Crippen molar-refractivity contribution in [2.24, 2.45) is 5.92 Å². The first-order valence-corrected chi connectivity index (χ1v) is 7.27. The van der Waals surface area contributed by atoms with Gasteiger partial charge in [0, 0.05) is 17.6 Å². The van der Waals surface area contributed by atoms with Crippen LogP contribution in [0.1, 0.15) is 17.9 Å². The summed E-state index contributed by atoms with van der Waals surface area (Å²) in [4.78, 5) is 12.0. The summed E-state index contributed by atoms with van der Waals surface area (Å²) in [5.41, 5.74) is 2.31. The number of cyclic esters (lactones) is 1. The number of benzene rings is 1. The molecule has 4 heteroatoms. The molecule has 1 fully saturated rings. The van der Waals surface area contributed by atoms with Crippen molar-refractivity contribution in [2.45, 2.75) is 19.4 Å². The number of rotatable bonds is 3. The Morgan fingerprint density at radius 3 is 2.73 bits per heavy atom. The number of hydrogen-bond acceptors (Lipinski definition) is 4. The van der Waals surface area contributed by atoms with Crippen molar-refractivity contribution < 1.29 is 19.1 Å². The van der Waals surface area contributed by atoms with Crippen LogP contribution in [-0.2, 0) is 9.53 Å². The van der Waals surface area contributed by atoms with Crippen LogP contribution < -0.4 is 0 Å². The molecule has 1 N–H and O–H groups in total. The first-order chi connectivity index (χ1) is 10.6. The zero-order chi connectivity index (χ0) is 15.7. The van der Waals surface area contributed by atoms with E-state index in [0.29, 0.717) is 17.8 Å². The Morgan fingerprint density at radius 2 is 2.05 bits per heavy atom. The molecule has 2 aromatic rings. The highest BCUT2D eigenvalue weighted by Crippen LogP contribution is 2.37. The number of furan rings is 1. The molecule has 22 heavy (non-hydrogen) atoms. The highest BCUT2D eigenvalue weighted by Gasteiger charge is 2.37. The van der Waals surface area contributed by atoms with Crippen LogP contribution in [-0.4, -0.2) is 23.8 Å². The van der Waals surface area contributed by atoms with Crippen molar-refractivity contribution in [1.82, 2.24) is 0 Å². The van der Waals surface area contributed by atoms with Crippen LogP contribution in [0, 0.1) is 12.8 Å². The third-order valence-electron chi connectivity index (χ3n) is 3.90. The van der Waals surface area contributed by atoms with Crippen molar-refractivity contribution in [3.63, 3.8) is 0 Å². The SMILES string of the molecule is C=C(c1oc(C)cc1-c1ccccc1)C1C(=O)OCCC1O. The summed E-state index contributed by atoms with van der Waals surface area (Å²) < 4.78 is 10.8. The molecule has 2 heterocycles. The second kappa shape index (κ2) is 5.81. The van der Waals surface area contributed by atoms with Crippen LogP contribution in [0.2, 0.25) is 0 Å². The molecule has 0 spiro atoms. The molecule has 2 unspecified atom stereocenters. The van der Waals surface area contributed by atoms with Gasteiger partial charge in [-0.1, -0.05) is 36.9 Å². The van der Waals surface area contributed by atoms with Gasteiger partial charge in [0.25, 0.3) is 0 Å². The standard InChI is InChI=1S/C18H18O4/c1-11-10-14(13-6-4-3-5-7-13)17(22-11)12(2)16-15(19)8-9-21-18(16)20/h3-7,10,15-16,19H,2,8-9H2,1H3. The molecule has 0 saturated carbocycles. The van der Waals surface area contributed by atoms with Crippen LogP contribution in [0.15, 0.2) is 47.4 Å². The van der Waals surface area contributed by atoms with Gasteiger partial charge in [0.2, 0.25) is 0 Å². The van der Waals surface area contributed by atoms with Crippen molar-refractivity contribution in [2.75, 3.05) is 6.61 Å².